The van der Waals surface area contributed by atoms with Gasteiger partial charge in [0.2, 0.25) is 15.9 Å². The second-order valence-electron chi connectivity index (χ2n) is 7.25. The van der Waals surface area contributed by atoms with Gasteiger partial charge in [-0.05, 0) is 43.2 Å². The molecule has 9 nitrogen and oxygen atoms in total. The molecule has 2 amide bonds. The highest BCUT2D eigenvalue weighted by atomic mass is 32.2. The van der Waals surface area contributed by atoms with Gasteiger partial charge in [-0.2, -0.15) is 4.31 Å². The number of benzene rings is 2. The van der Waals surface area contributed by atoms with Crippen molar-refractivity contribution in [2.24, 2.45) is 0 Å². The number of nitrogens with one attached hydrogen (secondary N) is 2. The summed E-state index contributed by atoms with van der Waals surface area (Å²) in [7, 11) is -1.07. The summed E-state index contributed by atoms with van der Waals surface area (Å²) in [5.74, 6) is 0.197. The lowest BCUT2D eigenvalue weighted by molar-refractivity contribution is -0.123. The Labute approximate surface area is 181 Å². The number of rotatable bonds is 7. The largest absolute Gasteiger partial charge is 0.497 e. The van der Waals surface area contributed by atoms with Crippen molar-refractivity contribution in [3.8, 4) is 11.5 Å². The molecule has 1 aliphatic heterocycles. The maximum Gasteiger partial charge on any atom is 0.265 e. The first-order chi connectivity index (χ1) is 14.6. The maximum atomic E-state index is 13.1. The second-order valence-corrected chi connectivity index (χ2v) is 9.27. The molecule has 2 N–H and O–H groups in total. The summed E-state index contributed by atoms with van der Waals surface area (Å²) in [6, 6.07) is 10.1. The van der Waals surface area contributed by atoms with Crippen molar-refractivity contribution in [1.29, 1.82) is 0 Å². The minimum absolute atomic E-state index is 0.0118. The van der Waals surface area contributed by atoms with Crippen molar-refractivity contribution in [2.45, 2.75) is 31.4 Å². The quantitative estimate of drug-likeness (QED) is 0.667. The van der Waals surface area contributed by atoms with Gasteiger partial charge >= 0.3 is 0 Å². The lowest BCUT2D eigenvalue weighted by Crippen LogP contribution is -2.38. The number of ether oxygens (including phenoxy) is 2. The fraction of sp³-hybridized carbons (Fsp3) is 0.333. The molecule has 10 heteroatoms. The molecule has 0 aromatic heterocycles. The van der Waals surface area contributed by atoms with E-state index in [2.05, 4.69) is 10.6 Å². The molecule has 0 aliphatic carbocycles. The SMILES string of the molecule is COc1cccc(CNC(=O)CN(C)S(=O)(=O)c2cc3c(cc2C)NC(=O)[C@@H](C)O3)c1. The van der Waals surface area contributed by atoms with E-state index < -0.39 is 22.0 Å². The third kappa shape index (κ3) is 4.97. The first-order valence-electron chi connectivity index (χ1n) is 9.60. The van der Waals surface area contributed by atoms with E-state index in [0.717, 1.165) is 9.87 Å². The minimum atomic E-state index is -3.96. The van der Waals surface area contributed by atoms with Crippen molar-refractivity contribution < 1.29 is 27.5 Å². The van der Waals surface area contributed by atoms with Gasteiger partial charge in [0.05, 0.1) is 24.2 Å². The van der Waals surface area contributed by atoms with Crippen LogP contribution in [0.15, 0.2) is 41.3 Å². The second kappa shape index (κ2) is 8.94. The van der Waals surface area contributed by atoms with Gasteiger partial charge in [-0.1, -0.05) is 12.1 Å². The Morgan fingerprint density at radius 1 is 1.29 bits per heavy atom. The molecule has 0 spiro atoms. The number of fused-ring (bicyclic) bond motifs is 1. The van der Waals surface area contributed by atoms with Crippen LogP contribution in [0.25, 0.3) is 0 Å². The van der Waals surface area contributed by atoms with Gasteiger partial charge in [0.25, 0.3) is 5.91 Å². The van der Waals surface area contributed by atoms with Gasteiger partial charge < -0.3 is 20.1 Å². The third-order valence-corrected chi connectivity index (χ3v) is 6.83. The van der Waals surface area contributed by atoms with Gasteiger partial charge in [0.15, 0.2) is 6.10 Å². The number of carbonyl (C=O) groups excluding carboxylic acids is 2. The normalized spacial score (nSPS) is 15.6. The number of anilines is 1. The fourth-order valence-corrected chi connectivity index (χ4v) is 4.46. The maximum absolute atomic E-state index is 13.1. The number of amides is 2. The van der Waals surface area contributed by atoms with Gasteiger partial charge in [0, 0.05) is 19.7 Å². The van der Waals surface area contributed by atoms with Crippen molar-refractivity contribution in [3.05, 3.63) is 47.5 Å². The fourth-order valence-electron chi connectivity index (χ4n) is 3.11. The molecule has 31 heavy (non-hydrogen) atoms. The smallest absolute Gasteiger partial charge is 0.265 e. The van der Waals surface area contributed by atoms with Crippen molar-refractivity contribution in [3.63, 3.8) is 0 Å². The summed E-state index contributed by atoms with van der Waals surface area (Å²) in [4.78, 5) is 24.1. The van der Waals surface area contributed by atoms with E-state index in [-0.39, 0.29) is 29.6 Å². The van der Waals surface area contributed by atoms with Crippen molar-refractivity contribution >= 4 is 27.5 Å². The van der Waals surface area contributed by atoms with Crippen molar-refractivity contribution in [2.75, 3.05) is 26.0 Å². The van der Waals surface area contributed by atoms with Gasteiger partial charge in [-0.3, -0.25) is 9.59 Å². The lowest BCUT2D eigenvalue weighted by atomic mass is 10.1. The van der Waals surface area contributed by atoms with Crippen LogP contribution < -0.4 is 20.1 Å². The number of methoxy groups -OCH3 is 1. The van der Waals surface area contributed by atoms with Crippen LogP contribution in [0, 0.1) is 6.92 Å². The molecule has 0 fully saturated rings. The number of sulfonamides is 1. The summed E-state index contributed by atoms with van der Waals surface area (Å²) in [5.41, 5.74) is 1.68. The van der Waals surface area contributed by atoms with E-state index in [4.69, 9.17) is 9.47 Å². The Morgan fingerprint density at radius 2 is 2.03 bits per heavy atom. The molecular weight excluding hydrogens is 422 g/mol. The number of likely N-dealkylation sites (N-methyl/N-ethyl adjacent to an activating group) is 1. The summed E-state index contributed by atoms with van der Waals surface area (Å²) in [5, 5.41) is 5.39. The molecule has 0 radical (unpaired) electrons. The molecule has 166 valence electrons. The summed E-state index contributed by atoms with van der Waals surface area (Å²) in [6.45, 7) is 3.09. The van der Waals surface area contributed by atoms with E-state index >= 15 is 0 Å². The Hall–Kier alpha value is -3.11. The van der Waals surface area contributed by atoms with Crippen LogP contribution in [0.3, 0.4) is 0 Å². The Bertz CT molecular complexity index is 1120. The number of hydrogen-bond donors (Lipinski definition) is 2. The van der Waals surface area contributed by atoms with E-state index in [1.165, 1.54) is 13.1 Å². The molecule has 2 aromatic rings. The zero-order valence-electron chi connectivity index (χ0n) is 17.8. The highest BCUT2D eigenvalue weighted by Crippen LogP contribution is 2.35. The number of hydrogen-bond acceptors (Lipinski definition) is 6. The van der Waals surface area contributed by atoms with E-state index in [9.17, 15) is 18.0 Å². The Morgan fingerprint density at radius 3 is 2.74 bits per heavy atom. The van der Waals surface area contributed by atoms with Crippen molar-refractivity contribution in [1.82, 2.24) is 9.62 Å². The minimum Gasteiger partial charge on any atom is -0.497 e. The van der Waals surface area contributed by atoms with Gasteiger partial charge in [-0.15, -0.1) is 0 Å². The highest BCUT2D eigenvalue weighted by Gasteiger charge is 2.30. The average Bonchev–Trinajstić information content (AvgIpc) is 2.73. The topological polar surface area (TPSA) is 114 Å². The first kappa shape index (κ1) is 22.6. The molecule has 1 heterocycles. The number of carbonyl (C=O) groups is 2. The summed E-state index contributed by atoms with van der Waals surface area (Å²) < 4.78 is 37.8. The highest BCUT2D eigenvalue weighted by molar-refractivity contribution is 7.89. The molecular formula is C21H25N3O6S. The van der Waals surface area contributed by atoms with Crippen LogP contribution in [-0.2, 0) is 26.2 Å². The molecule has 0 saturated heterocycles. The Balaban J connectivity index is 1.70. The van der Waals surface area contributed by atoms with E-state index in [0.29, 0.717) is 17.0 Å². The molecule has 3 rings (SSSR count). The molecule has 0 bridgehead atoms. The molecule has 1 aliphatic rings. The summed E-state index contributed by atoms with van der Waals surface area (Å²) >= 11 is 0. The van der Waals surface area contributed by atoms with Crippen LogP contribution >= 0.6 is 0 Å². The van der Waals surface area contributed by atoms with E-state index in [1.807, 2.05) is 6.07 Å². The zero-order chi connectivity index (χ0) is 22.8. The van der Waals surface area contributed by atoms with Gasteiger partial charge in [-0.25, -0.2) is 8.42 Å². The molecule has 0 saturated carbocycles. The third-order valence-electron chi connectivity index (χ3n) is 4.89. The Kier molecular flexibility index (Phi) is 6.51. The van der Waals surface area contributed by atoms with Crippen LogP contribution in [0.1, 0.15) is 18.1 Å². The zero-order valence-corrected chi connectivity index (χ0v) is 18.6. The van der Waals surface area contributed by atoms with E-state index in [1.54, 1.807) is 45.2 Å². The van der Waals surface area contributed by atoms with Crippen LogP contribution in [0.4, 0.5) is 5.69 Å². The molecule has 0 unspecified atom stereocenters. The van der Waals surface area contributed by atoms with Gasteiger partial charge in [0.1, 0.15) is 11.5 Å². The lowest BCUT2D eigenvalue weighted by Gasteiger charge is -2.25. The van der Waals surface area contributed by atoms with Crippen LogP contribution in [0.2, 0.25) is 0 Å². The predicted molar refractivity (Wildman–Crippen MR) is 115 cm³/mol. The first-order valence-corrected chi connectivity index (χ1v) is 11.0. The number of nitrogens with zero attached hydrogens (tertiary/aromatic N) is 1. The standard InChI is InChI=1S/C21H25N3O6S/c1-13-8-17-18(30-14(2)21(26)23-17)10-19(13)31(27,28)24(3)12-20(25)22-11-15-6-5-7-16(9-15)29-4/h5-10,14H,11-12H2,1-4H3,(H,22,25)(H,23,26)/t14-/m1/s1. The predicted octanol–water partition coefficient (Wildman–Crippen LogP) is 1.66. The van der Waals surface area contributed by atoms with Crippen LogP contribution in [0.5, 0.6) is 11.5 Å². The number of aryl methyl sites for hydroxylation is 1. The molecule has 1 atom stereocenters. The van der Waals surface area contributed by atoms with Crippen LogP contribution in [-0.4, -0.2) is 51.3 Å². The monoisotopic (exact) mass is 447 g/mol. The molecule has 2 aromatic carbocycles. The average molecular weight is 448 g/mol. The summed E-state index contributed by atoms with van der Waals surface area (Å²) in [6.07, 6.45) is -0.731.